The first kappa shape index (κ1) is 6.93. The molecule has 1 aromatic heterocycles. The molecule has 0 N–H and O–H groups in total. The van der Waals surface area contributed by atoms with E-state index in [0.29, 0.717) is 0 Å². The predicted octanol–water partition coefficient (Wildman–Crippen LogP) is 1.82. The predicted molar refractivity (Wildman–Crippen MR) is 41.5 cm³/mol. The average molecular weight is 134 g/mol. The molecule has 0 unspecified atom stereocenters. The van der Waals surface area contributed by atoms with E-state index in [0.717, 1.165) is 11.5 Å². The van der Waals surface area contributed by atoms with Crippen LogP contribution in [0.5, 0.6) is 0 Å². The molecule has 0 aromatic carbocycles. The molecule has 52 valence electrons. The quantitative estimate of drug-likeness (QED) is 0.585. The first-order chi connectivity index (χ1) is 4.83. The summed E-state index contributed by atoms with van der Waals surface area (Å²) in [5.74, 6) is 0.780. The number of aromatic nitrogens is 2. The first-order valence-corrected chi connectivity index (χ1v) is 3.25. The molecule has 0 aliphatic rings. The molecule has 0 atom stereocenters. The van der Waals surface area contributed by atoms with Crippen molar-refractivity contribution < 1.29 is 0 Å². The summed E-state index contributed by atoms with van der Waals surface area (Å²) >= 11 is 0. The Morgan fingerprint density at radius 1 is 1.50 bits per heavy atom. The van der Waals surface area contributed by atoms with Gasteiger partial charge < -0.3 is 0 Å². The van der Waals surface area contributed by atoms with Crippen LogP contribution in [0.4, 0.5) is 0 Å². The lowest BCUT2D eigenvalue weighted by Gasteiger charge is -1.91. The molecule has 0 saturated heterocycles. The van der Waals surface area contributed by atoms with Gasteiger partial charge in [0.05, 0.1) is 0 Å². The summed E-state index contributed by atoms with van der Waals surface area (Å²) < 4.78 is 0. The zero-order chi connectivity index (χ0) is 7.40. The highest BCUT2D eigenvalue weighted by Gasteiger charge is 1.87. The molecule has 0 aliphatic heterocycles. The van der Waals surface area contributed by atoms with Gasteiger partial charge in [0.25, 0.3) is 0 Å². The van der Waals surface area contributed by atoms with Crippen molar-refractivity contribution in [1.29, 1.82) is 0 Å². The monoisotopic (exact) mass is 134 g/mol. The Labute approximate surface area is 60.6 Å². The van der Waals surface area contributed by atoms with Crippen LogP contribution >= 0.6 is 0 Å². The maximum atomic E-state index is 4.16. The fourth-order valence-corrected chi connectivity index (χ4v) is 0.698. The smallest absolute Gasteiger partial charge is 0.151 e. The van der Waals surface area contributed by atoms with Crippen molar-refractivity contribution in [2.75, 3.05) is 0 Å². The van der Waals surface area contributed by atoms with E-state index in [1.807, 2.05) is 32.1 Å². The number of hydrogen-bond donors (Lipinski definition) is 0. The molecule has 10 heavy (non-hydrogen) atoms. The minimum atomic E-state index is 0.780. The minimum Gasteiger partial charge on any atom is -0.237 e. The second kappa shape index (κ2) is 3.11. The maximum Gasteiger partial charge on any atom is 0.151 e. The summed E-state index contributed by atoms with van der Waals surface area (Å²) in [6.07, 6.45) is 5.57. The van der Waals surface area contributed by atoms with E-state index in [-0.39, 0.29) is 0 Å². The number of hydrogen-bond acceptors (Lipinski definition) is 2. The molecule has 0 radical (unpaired) electrons. The fraction of sp³-hybridized carbons (Fsp3) is 0.250. The molecule has 1 heterocycles. The summed E-state index contributed by atoms with van der Waals surface area (Å²) in [6.45, 7) is 3.90. The normalized spacial score (nSPS) is 10.6. The van der Waals surface area contributed by atoms with E-state index >= 15 is 0 Å². The molecule has 0 saturated carbocycles. The van der Waals surface area contributed by atoms with Crippen LogP contribution in [0.2, 0.25) is 0 Å². The minimum absolute atomic E-state index is 0.780. The van der Waals surface area contributed by atoms with Crippen LogP contribution in [-0.4, -0.2) is 9.97 Å². The summed E-state index contributed by atoms with van der Waals surface area (Å²) in [7, 11) is 0. The van der Waals surface area contributed by atoms with Crippen LogP contribution in [0, 0.1) is 6.92 Å². The maximum absolute atomic E-state index is 4.16. The molecule has 0 amide bonds. The van der Waals surface area contributed by atoms with Crippen molar-refractivity contribution in [3.05, 3.63) is 29.9 Å². The van der Waals surface area contributed by atoms with E-state index in [1.165, 1.54) is 0 Å². The number of aryl methyl sites for hydroxylation is 1. The molecule has 0 bridgehead atoms. The molecule has 2 heteroatoms. The van der Waals surface area contributed by atoms with E-state index in [4.69, 9.17) is 0 Å². The van der Waals surface area contributed by atoms with Crippen LogP contribution in [0.15, 0.2) is 18.3 Å². The third-order valence-electron chi connectivity index (χ3n) is 1.13. The summed E-state index contributed by atoms with van der Waals surface area (Å²) in [4.78, 5) is 8.20. The van der Waals surface area contributed by atoms with Gasteiger partial charge in [0.1, 0.15) is 0 Å². The molecule has 0 aliphatic carbocycles. The van der Waals surface area contributed by atoms with Gasteiger partial charge in [0, 0.05) is 11.9 Å². The van der Waals surface area contributed by atoms with E-state index in [9.17, 15) is 0 Å². The van der Waals surface area contributed by atoms with Crippen LogP contribution < -0.4 is 0 Å². The highest BCUT2D eigenvalue weighted by Crippen LogP contribution is 1.94. The lowest BCUT2D eigenvalue weighted by Crippen LogP contribution is -1.87. The van der Waals surface area contributed by atoms with Crippen molar-refractivity contribution in [2.45, 2.75) is 13.8 Å². The largest absolute Gasteiger partial charge is 0.237 e. The Hall–Kier alpha value is -1.18. The van der Waals surface area contributed by atoms with Gasteiger partial charge in [-0.25, -0.2) is 9.97 Å². The van der Waals surface area contributed by atoms with Crippen molar-refractivity contribution in [3.63, 3.8) is 0 Å². The van der Waals surface area contributed by atoms with Gasteiger partial charge in [-0.15, -0.1) is 0 Å². The molecular formula is C8H10N2. The van der Waals surface area contributed by atoms with Gasteiger partial charge >= 0.3 is 0 Å². The lowest BCUT2D eigenvalue weighted by atomic mass is 10.4. The van der Waals surface area contributed by atoms with E-state index in [1.54, 1.807) is 6.20 Å². The van der Waals surface area contributed by atoms with Gasteiger partial charge in [-0.05, 0) is 26.0 Å². The molecular weight excluding hydrogens is 124 g/mol. The van der Waals surface area contributed by atoms with Gasteiger partial charge in [-0.2, -0.15) is 0 Å². The summed E-state index contributed by atoms with van der Waals surface area (Å²) in [6, 6.07) is 1.88. The van der Waals surface area contributed by atoms with Crippen molar-refractivity contribution in [2.24, 2.45) is 0 Å². The Bertz CT molecular complexity index is 241. The molecule has 1 rings (SSSR count). The van der Waals surface area contributed by atoms with Gasteiger partial charge in [-0.1, -0.05) is 6.08 Å². The highest BCUT2D eigenvalue weighted by molar-refractivity contribution is 5.38. The van der Waals surface area contributed by atoms with Gasteiger partial charge in [-0.3, -0.25) is 0 Å². The Kier molecular flexibility index (Phi) is 2.15. The van der Waals surface area contributed by atoms with Crippen LogP contribution in [0.25, 0.3) is 6.08 Å². The molecule has 0 fully saturated rings. The second-order valence-corrected chi connectivity index (χ2v) is 2.06. The molecule has 0 spiro atoms. The van der Waals surface area contributed by atoms with Crippen molar-refractivity contribution in [1.82, 2.24) is 9.97 Å². The molecule has 1 aromatic rings. The summed E-state index contributed by atoms with van der Waals surface area (Å²) in [5.41, 5.74) is 1.00. The van der Waals surface area contributed by atoms with Crippen LogP contribution in [-0.2, 0) is 0 Å². The van der Waals surface area contributed by atoms with Crippen LogP contribution in [0.1, 0.15) is 18.4 Å². The Morgan fingerprint density at radius 3 is 2.90 bits per heavy atom. The van der Waals surface area contributed by atoms with Crippen molar-refractivity contribution >= 4 is 6.08 Å². The number of nitrogens with zero attached hydrogens (tertiary/aromatic N) is 2. The molecule has 2 nitrogen and oxygen atoms in total. The second-order valence-electron chi connectivity index (χ2n) is 2.06. The Balaban J connectivity index is 2.95. The number of allylic oxidation sites excluding steroid dienone is 1. The van der Waals surface area contributed by atoms with E-state index in [2.05, 4.69) is 9.97 Å². The topological polar surface area (TPSA) is 25.8 Å². The first-order valence-electron chi connectivity index (χ1n) is 3.25. The zero-order valence-corrected chi connectivity index (χ0v) is 6.20. The fourth-order valence-electron chi connectivity index (χ4n) is 0.698. The number of rotatable bonds is 1. The van der Waals surface area contributed by atoms with Gasteiger partial charge in [0.15, 0.2) is 5.82 Å². The van der Waals surface area contributed by atoms with Crippen LogP contribution in [0.3, 0.4) is 0 Å². The lowest BCUT2D eigenvalue weighted by molar-refractivity contribution is 1.08. The van der Waals surface area contributed by atoms with Gasteiger partial charge in [0.2, 0.25) is 0 Å². The third kappa shape index (κ3) is 1.65. The van der Waals surface area contributed by atoms with Crippen molar-refractivity contribution in [3.8, 4) is 0 Å². The Morgan fingerprint density at radius 2 is 2.30 bits per heavy atom. The SMILES string of the molecule is C/C=C/c1nccc(C)n1. The third-order valence-corrected chi connectivity index (χ3v) is 1.13. The average Bonchev–Trinajstić information content (AvgIpc) is 1.88. The summed E-state index contributed by atoms with van der Waals surface area (Å²) in [5, 5.41) is 0. The highest BCUT2D eigenvalue weighted by atomic mass is 14.9. The van der Waals surface area contributed by atoms with E-state index < -0.39 is 0 Å². The standard InChI is InChI=1S/C8H10N2/c1-3-4-8-9-6-5-7(2)10-8/h3-6H,1-2H3/b4-3+. The zero-order valence-electron chi connectivity index (χ0n) is 6.20.